The van der Waals surface area contributed by atoms with Gasteiger partial charge in [-0.3, -0.25) is 0 Å². The van der Waals surface area contributed by atoms with E-state index in [1.807, 2.05) is 0 Å². The predicted molar refractivity (Wildman–Crippen MR) is 84.4 cm³/mol. The van der Waals surface area contributed by atoms with Crippen molar-refractivity contribution in [2.45, 2.75) is 37.6 Å². The summed E-state index contributed by atoms with van der Waals surface area (Å²) in [6.07, 6.45) is 5.38. The zero-order valence-corrected chi connectivity index (χ0v) is 12.3. The molecule has 2 fully saturated rings. The SMILES string of the molecule is ClCc1cc2ccccc2nc1N(CC1CC1)C1CC1. The first-order valence-corrected chi connectivity index (χ1v) is 8.10. The average Bonchev–Trinajstić information content (AvgIpc) is 3.37. The number of rotatable bonds is 5. The van der Waals surface area contributed by atoms with Crippen LogP contribution in [0.3, 0.4) is 0 Å². The Hall–Kier alpha value is -1.28. The van der Waals surface area contributed by atoms with Crippen molar-refractivity contribution < 1.29 is 0 Å². The molecule has 0 saturated heterocycles. The summed E-state index contributed by atoms with van der Waals surface area (Å²) in [5.41, 5.74) is 2.26. The first kappa shape index (κ1) is 12.5. The second-order valence-electron chi connectivity index (χ2n) is 6.12. The van der Waals surface area contributed by atoms with Crippen molar-refractivity contribution in [2.24, 2.45) is 5.92 Å². The van der Waals surface area contributed by atoms with Gasteiger partial charge in [-0.2, -0.15) is 0 Å². The topological polar surface area (TPSA) is 16.1 Å². The third kappa shape index (κ3) is 2.37. The minimum atomic E-state index is 0.543. The van der Waals surface area contributed by atoms with Gasteiger partial charge in [0.05, 0.1) is 11.4 Å². The van der Waals surface area contributed by atoms with Crippen molar-refractivity contribution in [3.05, 3.63) is 35.9 Å². The lowest BCUT2D eigenvalue weighted by molar-refractivity contribution is 0.708. The van der Waals surface area contributed by atoms with Gasteiger partial charge in [-0.15, -0.1) is 11.6 Å². The first-order chi connectivity index (χ1) is 9.85. The molecule has 0 amide bonds. The van der Waals surface area contributed by atoms with E-state index in [1.165, 1.54) is 43.2 Å². The lowest BCUT2D eigenvalue weighted by Crippen LogP contribution is -2.29. The number of nitrogens with zero attached hydrogens (tertiary/aromatic N) is 2. The van der Waals surface area contributed by atoms with E-state index in [4.69, 9.17) is 16.6 Å². The third-order valence-electron chi connectivity index (χ3n) is 4.34. The zero-order chi connectivity index (χ0) is 13.5. The zero-order valence-electron chi connectivity index (χ0n) is 11.6. The molecular formula is C17H19ClN2. The second kappa shape index (κ2) is 4.92. The highest BCUT2D eigenvalue weighted by molar-refractivity contribution is 6.17. The molecule has 2 aliphatic carbocycles. The normalized spacial score (nSPS) is 18.4. The summed E-state index contributed by atoms with van der Waals surface area (Å²) < 4.78 is 0. The number of alkyl halides is 1. The molecular weight excluding hydrogens is 268 g/mol. The molecule has 0 spiro atoms. The number of pyridine rings is 1. The van der Waals surface area contributed by atoms with Crippen LogP contribution in [0.2, 0.25) is 0 Å². The van der Waals surface area contributed by atoms with Crippen LogP contribution in [0, 0.1) is 5.92 Å². The van der Waals surface area contributed by atoms with Crippen LogP contribution in [-0.4, -0.2) is 17.6 Å². The van der Waals surface area contributed by atoms with Crippen LogP contribution >= 0.6 is 11.6 Å². The Morgan fingerprint density at radius 3 is 2.65 bits per heavy atom. The minimum absolute atomic E-state index is 0.543. The summed E-state index contributed by atoms with van der Waals surface area (Å²) >= 11 is 6.19. The lowest BCUT2D eigenvalue weighted by Gasteiger charge is -2.26. The average molecular weight is 287 g/mol. The Bertz CT molecular complexity index is 632. The van der Waals surface area contributed by atoms with Crippen molar-refractivity contribution in [2.75, 3.05) is 11.4 Å². The lowest BCUT2D eigenvalue weighted by atomic mass is 10.1. The molecule has 0 atom stereocenters. The number of fused-ring (bicyclic) bond motifs is 1. The standard InChI is InChI=1S/C17H19ClN2/c18-10-14-9-13-3-1-2-4-16(13)19-17(14)20(15-7-8-15)11-12-5-6-12/h1-4,9,12,15H,5-8,10-11H2. The monoisotopic (exact) mass is 286 g/mol. The molecule has 2 saturated carbocycles. The van der Waals surface area contributed by atoms with Crippen LogP contribution in [0.5, 0.6) is 0 Å². The van der Waals surface area contributed by atoms with Crippen LogP contribution in [0.4, 0.5) is 5.82 Å². The van der Waals surface area contributed by atoms with Crippen molar-refractivity contribution in [3.63, 3.8) is 0 Å². The molecule has 0 unspecified atom stereocenters. The van der Waals surface area contributed by atoms with E-state index in [-0.39, 0.29) is 0 Å². The Balaban J connectivity index is 1.78. The number of hydrogen-bond acceptors (Lipinski definition) is 2. The third-order valence-corrected chi connectivity index (χ3v) is 4.62. The van der Waals surface area contributed by atoms with Gasteiger partial charge in [0.1, 0.15) is 5.82 Å². The minimum Gasteiger partial charge on any atom is -0.353 e. The van der Waals surface area contributed by atoms with E-state index >= 15 is 0 Å². The summed E-state index contributed by atoms with van der Waals surface area (Å²) in [5, 5.41) is 1.19. The van der Waals surface area contributed by atoms with Gasteiger partial charge in [-0.25, -0.2) is 4.98 Å². The quantitative estimate of drug-likeness (QED) is 0.760. The Kier molecular flexibility index (Phi) is 3.07. The molecule has 0 N–H and O–H groups in total. The summed E-state index contributed by atoms with van der Waals surface area (Å²) in [6.45, 7) is 1.17. The Labute approximate surface area is 124 Å². The van der Waals surface area contributed by atoms with E-state index in [1.54, 1.807) is 0 Å². The van der Waals surface area contributed by atoms with Crippen molar-refractivity contribution >= 4 is 28.3 Å². The van der Waals surface area contributed by atoms with E-state index < -0.39 is 0 Å². The fourth-order valence-corrected chi connectivity index (χ4v) is 3.07. The highest BCUT2D eigenvalue weighted by atomic mass is 35.5. The van der Waals surface area contributed by atoms with Crippen LogP contribution in [0.1, 0.15) is 31.2 Å². The van der Waals surface area contributed by atoms with Gasteiger partial charge in [0, 0.05) is 23.5 Å². The molecule has 2 aliphatic rings. The highest BCUT2D eigenvalue weighted by Crippen LogP contribution is 2.39. The maximum absolute atomic E-state index is 6.19. The fourth-order valence-electron chi connectivity index (χ4n) is 2.87. The van der Waals surface area contributed by atoms with Crippen molar-refractivity contribution in [1.29, 1.82) is 0 Å². The highest BCUT2D eigenvalue weighted by Gasteiger charge is 2.35. The summed E-state index contributed by atoms with van der Waals surface area (Å²) in [7, 11) is 0. The van der Waals surface area contributed by atoms with Crippen LogP contribution in [0.25, 0.3) is 10.9 Å². The number of para-hydroxylation sites is 1. The molecule has 0 bridgehead atoms. The number of hydrogen-bond donors (Lipinski definition) is 0. The maximum Gasteiger partial charge on any atom is 0.133 e. The first-order valence-electron chi connectivity index (χ1n) is 7.56. The Morgan fingerprint density at radius 2 is 1.95 bits per heavy atom. The molecule has 0 aliphatic heterocycles. The fraction of sp³-hybridized carbons (Fsp3) is 0.471. The number of anilines is 1. The molecule has 20 heavy (non-hydrogen) atoms. The van der Waals surface area contributed by atoms with E-state index in [0.717, 1.165) is 17.3 Å². The van der Waals surface area contributed by atoms with Gasteiger partial charge in [-0.05, 0) is 43.7 Å². The summed E-state index contributed by atoms with van der Waals surface area (Å²) in [4.78, 5) is 7.46. The molecule has 1 heterocycles. The second-order valence-corrected chi connectivity index (χ2v) is 6.39. The molecule has 1 aromatic heterocycles. The maximum atomic E-state index is 6.19. The summed E-state index contributed by atoms with van der Waals surface area (Å²) in [6, 6.07) is 11.2. The van der Waals surface area contributed by atoms with E-state index in [2.05, 4.69) is 35.2 Å². The van der Waals surface area contributed by atoms with Gasteiger partial charge in [0.15, 0.2) is 0 Å². The molecule has 0 radical (unpaired) electrons. The molecule has 2 aromatic rings. The van der Waals surface area contributed by atoms with Gasteiger partial charge in [-0.1, -0.05) is 18.2 Å². The predicted octanol–water partition coefficient (Wildman–Crippen LogP) is 4.35. The molecule has 3 heteroatoms. The van der Waals surface area contributed by atoms with Crippen LogP contribution in [-0.2, 0) is 5.88 Å². The number of aromatic nitrogens is 1. The molecule has 4 rings (SSSR count). The Morgan fingerprint density at radius 1 is 1.15 bits per heavy atom. The van der Waals surface area contributed by atoms with E-state index in [0.29, 0.717) is 11.9 Å². The van der Waals surface area contributed by atoms with E-state index in [9.17, 15) is 0 Å². The smallest absolute Gasteiger partial charge is 0.133 e. The molecule has 1 aromatic carbocycles. The largest absolute Gasteiger partial charge is 0.353 e. The van der Waals surface area contributed by atoms with Gasteiger partial charge in [0.25, 0.3) is 0 Å². The number of benzene rings is 1. The summed E-state index contributed by atoms with van der Waals surface area (Å²) in [5.74, 6) is 2.56. The molecule has 104 valence electrons. The van der Waals surface area contributed by atoms with Gasteiger partial charge < -0.3 is 4.90 Å². The number of halogens is 1. The van der Waals surface area contributed by atoms with Gasteiger partial charge in [0.2, 0.25) is 0 Å². The van der Waals surface area contributed by atoms with Crippen LogP contribution < -0.4 is 4.90 Å². The molecule has 2 nitrogen and oxygen atoms in total. The van der Waals surface area contributed by atoms with Crippen LogP contribution in [0.15, 0.2) is 30.3 Å². The van der Waals surface area contributed by atoms with Gasteiger partial charge >= 0.3 is 0 Å². The van der Waals surface area contributed by atoms with Crippen molar-refractivity contribution in [3.8, 4) is 0 Å². The van der Waals surface area contributed by atoms with Crippen molar-refractivity contribution in [1.82, 2.24) is 4.98 Å².